The third kappa shape index (κ3) is 1.74. The van der Waals surface area contributed by atoms with E-state index in [1.165, 1.54) is 18.4 Å². The number of aliphatic hydroxyl groups excluding tert-OH is 1. The second-order valence-corrected chi connectivity index (χ2v) is 5.93. The lowest BCUT2D eigenvalue weighted by Gasteiger charge is -2.42. The summed E-state index contributed by atoms with van der Waals surface area (Å²) < 4.78 is 6.35. The van der Waals surface area contributed by atoms with E-state index in [0.29, 0.717) is 5.92 Å². The summed E-state index contributed by atoms with van der Waals surface area (Å²) in [6, 6.07) is 6.16. The molecule has 1 fully saturated rings. The number of fused-ring (bicyclic) bond motifs is 1. The van der Waals surface area contributed by atoms with Crippen LogP contribution in [0.3, 0.4) is 0 Å². The summed E-state index contributed by atoms with van der Waals surface area (Å²) in [6.45, 7) is 4.29. The molecule has 1 heterocycles. The molecule has 3 atom stereocenters. The van der Waals surface area contributed by atoms with E-state index < -0.39 is 0 Å². The van der Waals surface area contributed by atoms with Crippen LogP contribution in [-0.4, -0.2) is 10.7 Å². The zero-order valence-corrected chi connectivity index (χ0v) is 11.3. The standard InChI is InChI=1S/C16H22O2/c1-3-12-5-4-8-16(12)10-14(17)13-9-11(2)6-7-15(13)18-16/h6-7,9,12,14,17H,3-5,8,10H2,1-2H3. The van der Waals surface area contributed by atoms with Gasteiger partial charge in [0.1, 0.15) is 11.4 Å². The van der Waals surface area contributed by atoms with Crippen molar-refractivity contribution in [3.05, 3.63) is 29.3 Å². The van der Waals surface area contributed by atoms with E-state index in [9.17, 15) is 5.11 Å². The number of hydrogen-bond acceptors (Lipinski definition) is 2. The summed E-state index contributed by atoms with van der Waals surface area (Å²) in [5, 5.41) is 10.4. The van der Waals surface area contributed by atoms with Crippen molar-refractivity contribution < 1.29 is 9.84 Å². The van der Waals surface area contributed by atoms with Crippen molar-refractivity contribution >= 4 is 0 Å². The zero-order chi connectivity index (χ0) is 12.8. The molecule has 2 aliphatic rings. The molecule has 0 saturated heterocycles. The predicted octanol–water partition coefficient (Wildman–Crippen LogP) is 3.76. The first-order valence-electron chi connectivity index (χ1n) is 7.12. The molecule has 1 saturated carbocycles. The Hall–Kier alpha value is -1.02. The Morgan fingerprint density at radius 3 is 3.06 bits per heavy atom. The van der Waals surface area contributed by atoms with Crippen LogP contribution in [-0.2, 0) is 0 Å². The smallest absolute Gasteiger partial charge is 0.125 e. The van der Waals surface area contributed by atoms with E-state index in [1.54, 1.807) is 0 Å². The Balaban J connectivity index is 1.98. The first-order chi connectivity index (χ1) is 8.64. The first kappa shape index (κ1) is 12.0. The van der Waals surface area contributed by atoms with Crippen molar-refractivity contribution in [3.63, 3.8) is 0 Å². The number of rotatable bonds is 1. The van der Waals surface area contributed by atoms with Gasteiger partial charge < -0.3 is 9.84 Å². The van der Waals surface area contributed by atoms with Gasteiger partial charge in [-0.2, -0.15) is 0 Å². The molecule has 2 nitrogen and oxygen atoms in total. The van der Waals surface area contributed by atoms with E-state index >= 15 is 0 Å². The molecular formula is C16H22O2. The second-order valence-electron chi connectivity index (χ2n) is 5.93. The quantitative estimate of drug-likeness (QED) is 0.817. The van der Waals surface area contributed by atoms with Gasteiger partial charge in [0.05, 0.1) is 6.10 Å². The van der Waals surface area contributed by atoms with Gasteiger partial charge >= 0.3 is 0 Å². The Bertz CT molecular complexity index is 454. The number of aryl methyl sites for hydroxylation is 1. The van der Waals surface area contributed by atoms with Crippen LogP contribution < -0.4 is 4.74 Å². The van der Waals surface area contributed by atoms with Gasteiger partial charge in [0.15, 0.2) is 0 Å². The third-order valence-corrected chi connectivity index (χ3v) is 4.77. The minimum absolute atomic E-state index is 0.101. The van der Waals surface area contributed by atoms with Crippen LogP contribution in [0.5, 0.6) is 5.75 Å². The second kappa shape index (κ2) is 4.27. The van der Waals surface area contributed by atoms with E-state index in [-0.39, 0.29) is 11.7 Å². The highest BCUT2D eigenvalue weighted by Gasteiger charge is 2.48. The summed E-state index contributed by atoms with van der Waals surface area (Å²) in [7, 11) is 0. The topological polar surface area (TPSA) is 29.5 Å². The lowest BCUT2D eigenvalue weighted by molar-refractivity contribution is -0.0411. The Kier molecular flexibility index (Phi) is 2.86. The van der Waals surface area contributed by atoms with Crippen molar-refractivity contribution in [2.24, 2.45) is 5.92 Å². The van der Waals surface area contributed by atoms with Crippen molar-refractivity contribution in [2.45, 2.75) is 57.7 Å². The molecule has 1 aliphatic heterocycles. The average molecular weight is 246 g/mol. The summed E-state index contributed by atoms with van der Waals surface area (Å²) in [5.74, 6) is 1.50. The van der Waals surface area contributed by atoms with Gasteiger partial charge in [-0.3, -0.25) is 0 Å². The summed E-state index contributed by atoms with van der Waals surface area (Å²) in [5.41, 5.74) is 2.06. The number of benzene rings is 1. The van der Waals surface area contributed by atoms with Gasteiger partial charge in [-0.1, -0.05) is 18.6 Å². The molecule has 0 amide bonds. The molecule has 1 spiro atoms. The number of hydrogen-bond donors (Lipinski definition) is 1. The van der Waals surface area contributed by atoms with Crippen LogP contribution >= 0.6 is 0 Å². The highest BCUT2D eigenvalue weighted by atomic mass is 16.5. The Morgan fingerprint density at radius 2 is 2.28 bits per heavy atom. The van der Waals surface area contributed by atoms with Crippen molar-refractivity contribution in [2.75, 3.05) is 0 Å². The fraction of sp³-hybridized carbons (Fsp3) is 0.625. The molecule has 0 aromatic heterocycles. The zero-order valence-electron chi connectivity index (χ0n) is 11.3. The average Bonchev–Trinajstić information content (AvgIpc) is 2.72. The van der Waals surface area contributed by atoms with Crippen molar-refractivity contribution in [1.29, 1.82) is 0 Å². The maximum absolute atomic E-state index is 10.4. The van der Waals surface area contributed by atoms with E-state index in [0.717, 1.165) is 30.6 Å². The van der Waals surface area contributed by atoms with Crippen molar-refractivity contribution in [3.8, 4) is 5.75 Å². The SMILES string of the molecule is CCC1CCCC12CC(O)c1cc(C)ccc1O2. The minimum atomic E-state index is -0.360. The summed E-state index contributed by atoms with van der Waals surface area (Å²) >= 11 is 0. The van der Waals surface area contributed by atoms with Crippen molar-refractivity contribution in [1.82, 2.24) is 0 Å². The Labute approximate surface area is 109 Å². The molecule has 1 aliphatic carbocycles. The summed E-state index contributed by atoms with van der Waals surface area (Å²) in [6.07, 6.45) is 5.11. The minimum Gasteiger partial charge on any atom is -0.486 e. The Morgan fingerprint density at radius 1 is 1.44 bits per heavy atom. The van der Waals surface area contributed by atoms with Crippen LogP contribution in [0.15, 0.2) is 18.2 Å². The highest BCUT2D eigenvalue weighted by Crippen LogP contribution is 2.50. The van der Waals surface area contributed by atoms with Crippen LogP contribution in [0.4, 0.5) is 0 Å². The van der Waals surface area contributed by atoms with Gasteiger partial charge in [0, 0.05) is 12.0 Å². The lowest BCUT2D eigenvalue weighted by atomic mass is 9.80. The van der Waals surface area contributed by atoms with Crippen LogP contribution in [0.1, 0.15) is 56.3 Å². The first-order valence-corrected chi connectivity index (χ1v) is 7.12. The molecule has 3 rings (SSSR count). The van der Waals surface area contributed by atoms with Gasteiger partial charge in [0.2, 0.25) is 0 Å². The lowest BCUT2D eigenvalue weighted by Crippen LogP contribution is -2.44. The van der Waals surface area contributed by atoms with E-state index in [1.807, 2.05) is 6.07 Å². The van der Waals surface area contributed by atoms with Crippen LogP contribution in [0.2, 0.25) is 0 Å². The predicted molar refractivity (Wildman–Crippen MR) is 71.7 cm³/mol. The molecule has 2 heteroatoms. The molecule has 1 aromatic carbocycles. The largest absolute Gasteiger partial charge is 0.486 e. The van der Waals surface area contributed by atoms with Gasteiger partial charge in [-0.25, -0.2) is 0 Å². The maximum atomic E-state index is 10.4. The molecule has 3 unspecified atom stereocenters. The van der Waals surface area contributed by atoms with Crippen LogP contribution in [0.25, 0.3) is 0 Å². The van der Waals surface area contributed by atoms with Gasteiger partial charge in [-0.05, 0) is 50.7 Å². The molecule has 18 heavy (non-hydrogen) atoms. The molecule has 98 valence electrons. The van der Waals surface area contributed by atoms with Gasteiger partial charge in [-0.15, -0.1) is 0 Å². The van der Waals surface area contributed by atoms with E-state index in [4.69, 9.17) is 4.74 Å². The molecule has 1 aromatic rings. The molecule has 1 N–H and O–H groups in total. The molecule has 0 bridgehead atoms. The number of aliphatic hydroxyl groups is 1. The highest BCUT2D eigenvalue weighted by molar-refractivity contribution is 5.41. The normalized spacial score (nSPS) is 34.4. The van der Waals surface area contributed by atoms with E-state index in [2.05, 4.69) is 26.0 Å². The number of ether oxygens (including phenoxy) is 1. The fourth-order valence-electron chi connectivity index (χ4n) is 3.81. The third-order valence-electron chi connectivity index (χ3n) is 4.77. The molecular weight excluding hydrogens is 224 g/mol. The van der Waals surface area contributed by atoms with Gasteiger partial charge in [0.25, 0.3) is 0 Å². The monoisotopic (exact) mass is 246 g/mol. The summed E-state index contributed by atoms with van der Waals surface area (Å²) in [4.78, 5) is 0. The molecule has 0 radical (unpaired) electrons. The fourth-order valence-corrected chi connectivity index (χ4v) is 3.81. The maximum Gasteiger partial charge on any atom is 0.125 e. The van der Waals surface area contributed by atoms with Crippen LogP contribution in [0, 0.1) is 12.8 Å².